The van der Waals surface area contributed by atoms with E-state index in [0.717, 1.165) is 27.6 Å². The van der Waals surface area contributed by atoms with Crippen LogP contribution in [0.25, 0.3) is 22.0 Å². The van der Waals surface area contributed by atoms with Crippen LogP contribution in [0, 0.1) is 6.92 Å². The predicted molar refractivity (Wildman–Crippen MR) is 78.0 cm³/mol. The van der Waals surface area contributed by atoms with E-state index in [9.17, 15) is 4.79 Å². The van der Waals surface area contributed by atoms with Gasteiger partial charge in [-0.05, 0) is 28.4 Å². The molecular formula is C14H10BrN3O. The Bertz CT molecular complexity index is 821. The summed E-state index contributed by atoms with van der Waals surface area (Å²) in [6.45, 7) is 1.89. The number of benzene rings is 1. The van der Waals surface area contributed by atoms with Crippen molar-refractivity contribution in [3.8, 4) is 11.3 Å². The van der Waals surface area contributed by atoms with Gasteiger partial charge in [-0.1, -0.05) is 24.3 Å². The summed E-state index contributed by atoms with van der Waals surface area (Å²) in [5, 5.41) is 10.3. The molecule has 0 spiro atoms. The number of fused-ring (bicyclic) bond motifs is 1. The van der Waals surface area contributed by atoms with Crippen LogP contribution in [-0.4, -0.2) is 15.2 Å². The molecule has 2 heterocycles. The molecule has 1 N–H and O–H groups in total. The molecule has 3 aromatic rings. The van der Waals surface area contributed by atoms with Crippen LogP contribution in [0.1, 0.15) is 5.56 Å². The summed E-state index contributed by atoms with van der Waals surface area (Å²) in [4.78, 5) is 14.3. The smallest absolute Gasteiger partial charge is 0.262 e. The van der Waals surface area contributed by atoms with Crippen molar-refractivity contribution in [1.29, 1.82) is 0 Å². The van der Waals surface area contributed by atoms with Crippen molar-refractivity contribution in [3.63, 3.8) is 0 Å². The quantitative estimate of drug-likeness (QED) is 0.750. The molecule has 5 heteroatoms. The highest BCUT2D eigenvalue weighted by Gasteiger charge is 2.12. The molecule has 0 unspecified atom stereocenters. The van der Waals surface area contributed by atoms with Gasteiger partial charge >= 0.3 is 0 Å². The third-order valence-electron chi connectivity index (χ3n) is 3.11. The lowest BCUT2D eigenvalue weighted by Gasteiger charge is -2.08. The highest BCUT2D eigenvalue weighted by atomic mass is 79.9. The minimum atomic E-state index is -0.144. The fraction of sp³-hybridized carbons (Fsp3) is 0.0714. The molecule has 0 bridgehead atoms. The van der Waals surface area contributed by atoms with Gasteiger partial charge in [0, 0.05) is 22.5 Å². The average molecular weight is 316 g/mol. The number of hydrogen-bond donors (Lipinski definition) is 1. The summed E-state index contributed by atoms with van der Waals surface area (Å²) >= 11 is 3.30. The van der Waals surface area contributed by atoms with Crippen LogP contribution in [0.15, 0.2) is 45.9 Å². The Morgan fingerprint density at radius 3 is 2.89 bits per heavy atom. The number of halogens is 1. The Hall–Kier alpha value is -2.01. The van der Waals surface area contributed by atoms with Crippen LogP contribution < -0.4 is 5.56 Å². The lowest BCUT2D eigenvalue weighted by atomic mass is 10.0. The van der Waals surface area contributed by atoms with E-state index in [1.807, 2.05) is 31.2 Å². The Labute approximate surface area is 117 Å². The largest absolute Gasteiger partial charge is 0.327 e. The molecule has 0 amide bonds. The molecule has 0 aliphatic carbocycles. The molecule has 4 nitrogen and oxygen atoms in total. The first-order valence-corrected chi connectivity index (χ1v) is 6.56. The number of rotatable bonds is 1. The minimum absolute atomic E-state index is 0.144. The number of nitrogens with zero attached hydrogens (tertiary/aromatic N) is 2. The van der Waals surface area contributed by atoms with E-state index in [2.05, 4.69) is 31.1 Å². The molecule has 1 aromatic carbocycles. The lowest BCUT2D eigenvalue weighted by molar-refractivity contribution is 1.05. The molecule has 0 fully saturated rings. The zero-order chi connectivity index (χ0) is 13.4. The summed E-state index contributed by atoms with van der Waals surface area (Å²) in [5.74, 6) is 0. The van der Waals surface area contributed by atoms with Crippen molar-refractivity contribution in [2.24, 2.45) is 0 Å². The fourth-order valence-electron chi connectivity index (χ4n) is 2.07. The highest BCUT2D eigenvalue weighted by Crippen LogP contribution is 2.29. The monoisotopic (exact) mass is 315 g/mol. The van der Waals surface area contributed by atoms with E-state index in [1.54, 1.807) is 12.4 Å². The highest BCUT2D eigenvalue weighted by molar-refractivity contribution is 9.10. The van der Waals surface area contributed by atoms with Gasteiger partial charge in [0.1, 0.15) is 5.69 Å². The van der Waals surface area contributed by atoms with Gasteiger partial charge in [0.25, 0.3) is 5.56 Å². The van der Waals surface area contributed by atoms with Gasteiger partial charge in [-0.15, -0.1) is 5.10 Å². The first-order chi connectivity index (χ1) is 9.18. The maximum Gasteiger partial charge on any atom is 0.262 e. The Morgan fingerprint density at radius 2 is 2.05 bits per heavy atom. The second-order valence-electron chi connectivity index (χ2n) is 4.25. The van der Waals surface area contributed by atoms with Crippen LogP contribution in [0.3, 0.4) is 0 Å². The van der Waals surface area contributed by atoms with E-state index in [1.165, 1.54) is 0 Å². The molecular weight excluding hydrogens is 306 g/mol. The SMILES string of the molecule is Cc1c(-c2nncc3ccccc23)c[nH]c(=O)c1Br. The molecule has 0 atom stereocenters. The number of aromatic nitrogens is 3. The molecule has 0 saturated carbocycles. The van der Waals surface area contributed by atoms with Crippen molar-refractivity contribution in [2.45, 2.75) is 6.92 Å². The van der Waals surface area contributed by atoms with Crippen LogP contribution in [0.4, 0.5) is 0 Å². The molecule has 3 rings (SSSR count). The third kappa shape index (κ3) is 1.96. The second-order valence-corrected chi connectivity index (χ2v) is 5.04. The summed E-state index contributed by atoms with van der Waals surface area (Å²) < 4.78 is 0.528. The van der Waals surface area contributed by atoms with Crippen LogP contribution in [0.5, 0.6) is 0 Å². The summed E-state index contributed by atoms with van der Waals surface area (Å²) in [7, 11) is 0. The summed E-state index contributed by atoms with van der Waals surface area (Å²) in [5.41, 5.74) is 2.35. The van der Waals surface area contributed by atoms with E-state index in [4.69, 9.17) is 0 Å². The number of H-pyrrole nitrogens is 1. The lowest BCUT2D eigenvalue weighted by Crippen LogP contribution is -2.08. The predicted octanol–water partition coefficient (Wildman–Crippen LogP) is 3.06. The van der Waals surface area contributed by atoms with Crippen molar-refractivity contribution < 1.29 is 0 Å². The van der Waals surface area contributed by atoms with Crippen molar-refractivity contribution in [1.82, 2.24) is 15.2 Å². The maximum atomic E-state index is 11.5. The molecule has 94 valence electrons. The topological polar surface area (TPSA) is 58.6 Å². The summed E-state index contributed by atoms with van der Waals surface area (Å²) in [6.07, 6.45) is 3.41. The second kappa shape index (κ2) is 4.59. The molecule has 0 aliphatic heterocycles. The van der Waals surface area contributed by atoms with Crippen LogP contribution in [-0.2, 0) is 0 Å². The molecule has 0 radical (unpaired) electrons. The van der Waals surface area contributed by atoms with Gasteiger partial charge in [-0.25, -0.2) is 0 Å². The zero-order valence-electron chi connectivity index (χ0n) is 10.1. The van der Waals surface area contributed by atoms with Gasteiger partial charge in [0.2, 0.25) is 0 Å². The number of aromatic amines is 1. The molecule has 2 aromatic heterocycles. The van der Waals surface area contributed by atoms with Gasteiger partial charge in [-0.3, -0.25) is 4.79 Å². The molecule has 19 heavy (non-hydrogen) atoms. The van der Waals surface area contributed by atoms with E-state index >= 15 is 0 Å². The van der Waals surface area contributed by atoms with Crippen molar-refractivity contribution >= 4 is 26.7 Å². The summed E-state index contributed by atoms with van der Waals surface area (Å²) in [6, 6.07) is 7.91. The van der Waals surface area contributed by atoms with E-state index in [-0.39, 0.29) is 5.56 Å². The first-order valence-electron chi connectivity index (χ1n) is 5.77. The number of pyridine rings is 1. The number of hydrogen-bond acceptors (Lipinski definition) is 3. The van der Waals surface area contributed by atoms with Crippen LogP contribution in [0.2, 0.25) is 0 Å². The normalized spacial score (nSPS) is 10.8. The van der Waals surface area contributed by atoms with Gasteiger partial charge < -0.3 is 4.98 Å². The average Bonchev–Trinajstić information content (AvgIpc) is 2.45. The van der Waals surface area contributed by atoms with Gasteiger partial charge in [0.15, 0.2) is 0 Å². The first kappa shape index (κ1) is 12.0. The van der Waals surface area contributed by atoms with E-state index in [0.29, 0.717) is 4.47 Å². The third-order valence-corrected chi connectivity index (χ3v) is 4.06. The van der Waals surface area contributed by atoms with E-state index < -0.39 is 0 Å². The minimum Gasteiger partial charge on any atom is -0.327 e. The standard InChI is InChI=1S/C14H10BrN3O/c1-8-11(7-16-14(19)12(8)15)13-10-5-3-2-4-9(10)6-17-18-13/h2-7H,1H3,(H,16,19). The zero-order valence-corrected chi connectivity index (χ0v) is 11.7. The Kier molecular flexibility index (Phi) is 2.91. The Morgan fingerprint density at radius 1 is 1.26 bits per heavy atom. The van der Waals surface area contributed by atoms with Crippen molar-refractivity contribution in [3.05, 3.63) is 57.0 Å². The van der Waals surface area contributed by atoms with Crippen molar-refractivity contribution in [2.75, 3.05) is 0 Å². The maximum absolute atomic E-state index is 11.5. The number of nitrogens with one attached hydrogen (secondary N) is 1. The Balaban J connectivity index is 2.37. The molecule has 0 aliphatic rings. The molecule has 0 saturated heterocycles. The fourth-order valence-corrected chi connectivity index (χ4v) is 2.40. The van der Waals surface area contributed by atoms with Crippen LogP contribution >= 0.6 is 15.9 Å². The van der Waals surface area contributed by atoms with Gasteiger partial charge in [-0.2, -0.15) is 5.10 Å². The van der Waals surface area contributed by atoms with Gasteiger partial charge in [0.05, 0.1) is 10.7 Å².